The first-order valence-electron chi connectivity index (χ1n) is 5.26. The number of likely N-dealkylation sites (N-methyl/N-ethyl adjacent to an activating group) is 1. The maximum Gasteiger partial charge on any atom is 0.317 e. The summed E-state index contributed by atoms with van der Waals surface area (Å²) in [6, 6.07) is 0.204. The van der Waals surface area contributed by atoms with Gasteiger partial charge in [-0.05, 0) is 13.0 Å². The summed E-state index contributed by atoms with van der Waals surface area (Å²) in [7, 11) is 0. The third-order valence-electron chi connectivity index (χ3n) is 2.87. The van der Waals surface area contributed by atoms with E-state index in [1.807, 2.05) is 11.8 Å². The lowest BCUT2D eigenvalue weighted by Gasteiger charge is -2.25. The van der Waals surface area contributed by atoms with Gasteiger partial charge in [0.2, 0.25) is 5.91 Å². The summed E-state index contributed by atoms with van der Waals surface area (Å²) in [5, 5.41) is 8.73. The Morgan fingerprint density at radius 2 is 2.20 bits per heavy atom. The van der Waals surface area contributed by atoms with Gasteiger partial charge in [-0.3, -0.25) is 14.5 Å². The maximum absolute atomic E-state index is 11.1. The van der Waals surface area contributed by atoms with Gasteiger partial charge in [-0.15, -0.1) is 0 Å². The average Bonchev–Trinajstić information content (AvgIpc) is 2.62. The van der Waals surface area contributed by atoms with Crippen LogP contribution in [0.4, 0.5) is 0 Å². The van der Waals surface area contributed by atoms with Gasteiger partial charge in [0.1, 0.15) is 0 Å². The van der Waals surface area contributed by atoms with Gasteiger partial charge in [-0.25, -0.2) is 0 Å². The predicted molar refractivity (Wildman–Crippen MR) is 55.5 cm³/mol. The van der Waals surface area contributed by atoms with Gasteiger partial charge >= 0.3 is 5.97 Å². The number of carboxylic acids is 1. The van der Waals surface area contributed by atoms with Crippen LogP contribution < -0.4 is 0 Å². The third kappa shape index (κ3) is 3.20. The molecule has 1 aliphatic heterocycles. The number of aliphatic carboxylic acids is 1. The summed E-state index contributed by atoms with van der Waals surface area (Å²) < 4.78 is 0. The molecule has 5 nitrogen and oxygen atoms in total. The maximum atomic E-state index is 11.1. The van der Waals surface area contributed by atoms with Crippen molar-refractivity contribution in [2.45, 2.75) is 26.3 Å². The molecule has 1 amide bonds. The number of carbonyl (C=O) groups excluding carboxylic acids is 1. The number of carboxylic acid groups (broad SMARTS) is 1. The molecule has 0 aliphatic carbocycles. The second kappa shape index (κ2) is 5.11. The number of rotatable bonds is 4. The zero-order valence-corrected chi connectivity index (χ0v) is 9.27. The van der Waals surface area contributed by atoms with Crippen LogP contribution in [0.2, 0.25) is 0 Å². The molecule has 1 N–H and O–H groups in total. The van der Waals surface area contributed by atoms with Gasteiger partial charge in [-0.2, -0.15) is 0 Å². The average molecular weight is 214 g/mol. The normalized spacial score (nSPS) is 21.0. The highest BCUT2D eigenvalue weighted by atomic mass is 16.4. The molecule has 0 spiro atoms. The molecule has 0 aromatic carbocycles. The van der Waals surface area contributed by atoms with Crippen molar-refractivity contribution in [1.82, 2.24) is 9.80 Å². The van der Waals surface area contributed by atoms with Gasteiger partial charge in [-0.1, -0.05) is 6.92 Å². The zero-order chi connectivity index (χ0) is 11.4. The number of carbonyl (C=O) groups is 2. The first-order chi connectivity index (χ1) is 7.04. The molecule has 0 aromatic rings. The van der Waals surface area contributed by atoms with E-state index in [-0.39, 0.29) is 18.5 Å². The van der Waals surface area contributed by atoms with Gasteiger partial charge in [0, 0.05) is 26.1 Å². The molecule has 0 saturated carbocycles. The zero-order valence-electron chi connectivity index (χ0n) is 9.27. The fourth-order valence-corrected chi connectivity index (χ4v) is 2.00. The van der Waals surface area contributed by atoms with Crippen molar-refractivity contribution in [2.24, 2.45) is 0 Å². The van der Waals surface area contributed by atoms with Crippen molar-refractivity contribution < 1.29 is 14.7 Å². The summed E-state index contributed by atoms with van der Waals surface area (Å²) in [6.07, 6.45) is 0.876. The summed E-state index contributed by atoms with van der Waals surface area (Å²) in [4.78, 5) is 25.4. The van der Waals surface area contributed by atoms with Crippen molar-refractivity contribution in [2.75, 3.05) is 26.2 Å². The van der Waals surface area contributed by atoms with Crippen LogP contribution in [-0.4, -0.2) is 59.0 Å². The molecule has 0 radical (unpaired) electrons. The third-order valence-corrected chi connectivity index (χ3v) is 2.87. The Morgan fingerprint density at radius 1 is 1.53 bits per heavy atom. The van der Waals surface area contributed by atoms with E-state index in [0.29, 0.717) is 13.1 Å². The lowest BCUT2D eigenvalue weighted by molar-refractivity contribution is -0.138. The molecule has 1 heterocycles. The molecule has 1 saturated heterocycles. The topological polar surface area (TPSA) is 60.9 Å². The van der Waals surface area contributed by atoms with Crippen LogP contribution in [0.1, 0.15) is 20.3 Å². The molecular weight excluding hydrogens is 196 g/mol. The Kier molecular flexibility index (Phi) is 4.08. The van der Waals surface area contributed by atoms with E-state index in [2.05, 4.69) is 0 Å². The highest BCUT2D eigenvalue weighted by Gasteiger charge is 2.28. The Hall–Kier alpha value is -1.10. The molecule has 1 aliphatic rings. The van der Waals surface area contributed by atoms with E-state index in [0.717, 1.165) is 13.0 Å². The minimum absolute atomic E-state index is 0.0624. The van der Waals surface area contributed by atoms with Crippen molar-refractivity contribution in [1.29, 1.82) is 0 Å². The Labute approximate surface area is 89.7 Å². The lowest BCUT2D eigenvalue weighted by atomic mass is 10.2. The monoisotopic (exact) mass is 214 g/mol. The van der Waals surface area contributed by atoms with Gasteiger partial charge in [0.25, 0.3) is 0 Å². The van der Waals surface area contributed by atoms with E-state index in [4.69, 9.17) is 5.11 Å². The molecule has 1 atom stereocenters. The molecule has 5 heteroatoms. The molecule has 86 valence electrons. The fraction of sp³-hybridized carbons (Fsp3) is 0.800. The van der Waals surface area contributed by atoms with Crippen molar-refractivity contribution in [3.8, 4) is 0 Å². The molecule has 1 rings (SSSR count). The van der Waals surface area contributed by atoms with Gasteiger partial charge < -0.3 is 10.0 Å². The van der Waals surface area contributed by atoms with E-state index >= 15 is 0 Å². The first kappa shape index (κ1) is 12.0. The first-order valence-corrected chi connectivity index (χ1v) is 5.26. The van der Waals surface area contributed by atoms with Crippen LogP contribution >= 0.6 is 0 Å². The molecule has 0 aromatic heterocycles. The van der Waals surface area contributed by atoms with E-state index < -0.39 is 5.97 Å². The van der Waals surface area contributed by atoms with Gasteiger partial charge in [0.15, 0.2) is 0 Å². The van der Waals surface area contributed by atoms with Crippen LogP contribution in [0.25, 0.3) is 0 Å². The number of hydrogen-bond acceptors (Lipinski definition) is 3. The number of nitrogens with zero attached hydrogens (tertiary/aromatic N) is 2. The second-order valence-corrected chi connectivity index (χ2v) is 3.86. The summed E-state index contributed by atoms with van der Waals surface area (Å²) in [5.41, 5.74) is 0. The van der Waals surface area contributed by atoms with Crippen molar-refractivity contribution in [3.05, 3.63) is 0 Å². The molecule has 0 unspecified atom stereocenters. The Bertz CT molecular complexity index is 255. The van der Waals surface area contributed by atoms with Crippen LogP contribution in [0, 0.1) is 0 Å². The fourth-order valence-electron chi connectivity index (χ4n) is 2.00. The number of amides is 1. The molecule has 1 fully saturated rings. The number of hydrogen-bond donors (Lipinski definition) is 1. The van der Waals surface area contributed by atoms with E-state index in [1.54, 1.807) is 11.8 Å². The molecular formula is C10H18N2O3. The van der Waals surface area contributed by atoms with Crippen LogP contribution in [-0.2, 0) is 9.59 Å². The minimum Gasteiger partial charge on any atom is -0.480 e. The molecule has 15 heavy (non-hydrogen) atoms. The lowest BCUT2D eigenvalue weighted by Crippen LogP contribution is -2.41. The summed E-state index contributed by atoms with van der Waals surface area (Å²) >= 11 is 0. The van der Waals surface area contributed by atoms with Crippen LogP contribution in [0.3, 0.4) is 0 Å². The molecule has 0 bridgehead atoms. The Morgan fingerprint density at radius 3 is 2.60 bits per heavy atom. The Balaban J connectivity index is 2.49. The predicted octanol–water partition coefficient (Wildman–Crippen LogP) is 0.0137. The van der Waals surface area contributed by atoms with Gasteiger partial charge in [0.05, 0.1) is 6.54 Å². The SMILES string of the molecule is CCN(CC(=O)O)[C@H]1CCN(C(C)=O)C1. The van der Waals surface area contributed by atoms with E-state index in [9.17, 15) is 9.59 Å². The quantitative estimate of drug-likeness (QED) is 0.716. The summed E-state index contributed by atoms with van der Waals surface area (Å²) in [5.74, 6) is -0.734. The largest absolute Gasteiger partial charge is 0.480 e. The number of likely N-dealkylation sites (tertiary alicyclic amines) is 1. The van der Waals surface area contributed by atoms with Crippen molar-refractivity contribution >= 4 is 11.9 Å². The summed E-state index contributed by atoms with van der Waals surface area (Å²) in [6.45, 7) is 5.68. The highest BCUT2D eigenvalue weighted by Crippen LogP contribution is 2.15. The van der Waals surface area contributed by atoms with Crippen molar-refractivity contribution in [3.63, 3.8) is 0 Å². The smallest absolute Gasteiger partial charge is 0.317 e. The minimum atomic E-state index is -0.807. The van der Waals surface area contributed by atoms with Crippen LogP contribution in [0.5, 0.6) is 0 Å². The van der Waals surface area contributed by atoms with E-state index in [1.165, 1.54) is 0 Å². The van der Waals surface area contributed by atoms with Crippen LogP contribution in [0.15, 0.2) is 0 Å². The highest BCUT2D eigenvalue weighted by molar-refractivity contribution is 5.73. The second-order valence-electron chi connectivity index (χ2n) is 3.86. The standard InChI is InChI=1S/C10H18N2O3/c1-3-11(7-10(14)15)9-4-5-12(6-9)8(2)13/h9H,3-7H2,1-2H3,(H,14,15)/t9-/m0/s1.